The van der Waals surface area contributed by atoms with Crippen molar-refractivity contribution in [1.82, 2.24) is 4.57 Å². The Morgan fingerprint density at radius 3 is 2.41 bits per heavy atom. The van der Waals surface area contributed by atoms with Gasteiger partial charge in [0.2, 0.25) is 0 Å². The maximum Gasteiger partial charge on any atom is 0.257 e. The lowest BCUT2D eigenvalue weighted by Crippen LogP contribution is -2.22. The molecule has 5 nitrogen and oxygen atoms in total. The topological polar surface area (TPSA) is 60.3 Å². The summed E-state index contributed by atoms with van der Waals surface area (Å²) in [6.07, 6.45) is 2.56. The molecule has 5 heteroatoms. The normalized spacial score (nSPS) is 10.4. The number of hydrogen-bond acceptors (Lipinski definition) is 3. The second-order valence-electron chi connectivity index (χ2n) is 6.21. The number of rotatable bonds is 6. The van der Waals surface area contributed by atoms with Crippen LogP contribution >= 0.6 is 0 Å². The predicted molar refractivity (Wildman–Crippen MR) is 107 cm³/mol. The van der Waals surface area contributed by atoms with Crippen LogP contribution in [0.1, 0.15) is 28.4 Å². The van der Waals surface area contributed by atoms with Crippen molar-refractivity contribution in [3.63, 3.8) is 0 Å². The fourth-order valence-electron chi connectivity index (χ4n) is 2.81. The number of carbonyl (C=O) groups is 1. The lowest BCUT2D eigenvalue weighted by atomic mass is 10.1. The van der Waals surface area contributed by atoms with Crippen molar-refractivity contribution in [3.8, 4) is 5.75 Å². The van der Waals surface area contributed by atoms with Gasteiger partial charge >= 0.3 is 0 Å². The minimum Gasteiger partial charge on any atom is -0.495 e. The summed E-state index contributed by atoms with van der Waals surface area (Å²) in [5, 5.41) is 2.82. The maximum atomic E-state index is 12.6. The van der Waals surface area contributed by atoms with Crippen molar-refractivity contribution < 1.29 is 9.53 Å². The Morgan fingerprint density at radius 2 is 1.70 bits per heavy atom. The lowest BCUT2D eigenvalue weighted by Gasteiger charge is -2.11. The molecule has 138 valence electrons. The van der Waals surface area contributed by atoms with Crippen molar-refractivity contribution in [2.45, 2.75) is 19.9 Å². The number of anilines is 1. The SMILES string of the molecule is CCc1ccc(Cn2cc(C(=O)Nc3ccccc3OC)ccc2=O)cc1. The Labute approximate surface area is 158 Å². The van der Waals surface area contributed by atoms with Gasteiger partial charge in [0, 0.05) is 12.3 Å². The highest BCUT2D eigenvalue weighted by atomic mass is 16.5. The molecule has 1 heterocycles. The highest BCUT2D eigenvalue weighted by Crippen LogP contribution is 2.23. The number of aromatic nitrogens is 1. The molecule has 0 fully saturated rings. The van der Waals surface area contributed by atoms with E-state index < -0.39 is 0 Å². The van der Waals surface area contributed by atoms with Crippen LogP contribution in [0, 0.1) is 0 Å². The minimum atomic E-state index is -0.297. The summed E-state index contributed by atoms with van der Waals surface area (Å²) in [5.74, 6) is 0.282. The smallest absolute Gasteiger partial charge is 0.257 e. The standard InChI is InChI=1S/C22H22N2O3/c1-3-16-8-10-17(11-9-16)14-24-15-18(12-13-21(24)25)22(26)23-19-6-4-5-7-20(19)27-2/h4-13,15H,3,14H2,1-2H3,(H,23,26). The van der Waals surface area contributed by atoms with Gasteiger partial charge in [-0.2, -0.15) is 0 Å². The van der Waals surface area contributed by atoms with Gasteiger partial charge in [-0.25, -0.2) is 0 Å². The molecular weight excluding hydrogens is 340 g/mol. The molecule has 3 rings (SSSR count). The Bertz CT molecular complexity index is 991. The average molecular weight is 362 g/mol. The van der Waals surface area contributed by atoms with E-state index in [4.69, 9.17) is 4.74 Å². The van der Waals surface area contributed by atoms with Crippen LogP contribution in [0.25, 0.3) is 0 Å². The van der Waals surface area contributed by atoms with Crippen LogP contribution in [0.5, 0.6) is 5.75 Å². The molecule has 27 heavy (non-hydrogen) atoms. The first-order chi connectivity index (χ1) is 13.1. The number of hydrogen-bond donors (Lipinski definition) is 1. The molecule has 0 unspecified atom stereocenters. The van der Waals surface area contributed by atoms with E-state index in [1.807, 2.05) is 24.3 Å². The van der Waals surface area contributed by atoms with Crippen molar-refractivity contribution in [2.24, 2.45) is 0 Å². The van der Waals surface area contributed by atoms with Crippen LogP contribution in [-0.2, 0) is 13.0 Å². The van der Waals surface area contributed by atoms with Crippen molar-refractivity contribution in [3.05, 3.63) is 93.9 Å². The number of nitrogens with one attached hydrogen (secondary N) is 1. The van der Waals surface area contributed by atoms with E-state index >= 15 is 0 Å². The first-order valence-corrected chi connectivity index (χ1v) is 8.83. The number of nitrogens with zero attached hydrogens (tertiary/aromatic N) is 1. The summed E-state index contributed by atoms with van der Waals surface area (Å²) < 4.78 is 6.79. The predicted octanol–water partition coefficient (Wildman–Crippen LogP) is 3.72. The maximum absolute atomic E-state index is 12.6. The highest BCUT2D eigenvalue weighted by Gasteiger charge is 2.11. The number of ether oxygens (including phenoxy) is 1. The molecule has 0 aliphatic carbocycles. The fourth-order valence-corrected chi connectivity index (χ4v) is 2.81. The first kappa shape index (κ1) is 18.5. The van der Waals surface area contributed by atoms with E-state index in [9.17, 15) is 9.59 Å². The second kappa shape index (κ2) is 8.36. The van der Waals surface area contributed by atoms with Crippen molar-refractivity contribution in [2.75, 3.05) is 12.4 Å². The Hall–Kier alpha value is -3.34. The average Bonchev–Trinajstić information content (AvgIpc) is 2.70. The van der Waals surface area contributed by atoms with Crippen molar-refractivity contribution in [1.29, 1.82) is 0 Å². The van der Waals surface area contributed by atoms with Gasteiger partial charge in [-0.1, -0.05) is 43.3 Å². The van der Waals surface area contributed by atoms with E-state index in [-0.39, 0.29) is 11.5 Å². The van der Waals surface area contributed by atoms with Gasteiger partial charge in [0.25, 0.3) is 11.5 Å². The number of methoxy groups -OCH3 is 1. The van der Waals surface area contributed by atoms with Crippen LogP contribution in [-0.4, -0.2) is 17.6 Å². The number of amides is 1. The van der Waals surface area contributed by atoms with Gasteiger partial charge in [-0.3, -0.25) is 9.59 Å². The molecule has 1 N–H and O–H groups in total. The van der Waals surface area contributed by atoms with Crippen LogP contribution in [0.2, 0.25) is 0 Å². The molecule has 0 aliphatic rings. The molecule has 0 aliphatic heterocycles. The Kier molecular flexibility index (Phi) is 5.71. The first-order valence-electron chi connectivity index (χ1n) is 8.83. The van der Waals surface area contributed by atoms with Crippen LogP contribution in [0.4, 0.5) is 5.69 Å². The van der Waals surface area contributed by atoms with E-state index in [0.717, 1.165) is 12.0 Å². The second-order valence-corrected chi connectivity index (χ2v) is 6.21. The zero-order valence-corrected chi connectivity index (χ0v) is 15.4. The third-order valence-electron chi connectivity index (χ3n) is 4.38. The summed E-state index contributed by atoms with van der Waals surface area (Å²) >= 11 is 0. The van der Waals surface area contributed by atoms with Gasteiger partial charge in [0.15, 0.2) is 0 Å². The number of para-hydroxylation sites is 2. The van der Waals surface area contributed by atoms with E-state index in [0.29, 0.717) is 23.5 Å². The fraction of sp³-hybridized carbons (Fsp3) is 0.182. The summed E-state index contributed by atoms with van der Waals surface area (Å²) in [6, 6.07) is 18.3. The number of pyridine rings is 1. The molecule has 0 radical (unpaired) electrons. The molecule has 2 aromatic carbocycles. The summed E-state index contributed by atoms with van der Waals surface area (Å²) in [6.45, 7) is 2.52. The third-order valence-corrected chi connectivity index (χ3v) is 4.38. The number of aryl methyl sites for hydroxylation is 1. The van der Waals surface area contributed by atoms with Gasteiger partial charge in [0.05, 0.1) is 24.9 Å². The zero-order valence-electron chi connectivity index (χ0n) is 15.4. The van der Waals surface area contributed by atoms with Gasteiger partial charge < -0.3 is 14.6 Å². The van der Waals surface area contributed by atoms with Crippen LogP contribution in [0.3, 0.4) is 0 Å². The molecule has 0 saturated heterocycles. The van der Waals surface area contributed by atoms with E-state index in [1.165, 1.54) is 22.3 Å². The third kappa shape index (κ3) is 4.44. The molecule has 1 amide bonds. The minimum absolute atomic E-state index is 0.150. The Morgan fingerprint density at radius 1 is 1.00 bits per heavy atom. The van der Waals surface area contributed by atoms with Gasteiger partial charge in [-0.05, 0) is 35.7 Å². The number of carbonyl (C=O) groups excluding carboxylic acids is 1. The van der Waals surface area contributed by atoms with Crippen LogP contribution in [0.15, 0.2) is 71.7 Å². The number of benzene rings is 2. The monoisotopic (exact) mass is 362 g/mol. The van der Waals surface area contributed by atoms with Crippen LogP contribution < -0.4 is 15.6 Å². The summed E-state index contributed by atoms with van der Waals surface area (Å²) in [4.78, 5) is 24.8. The summed E-state index contributed by atoms with van der Waals surface area (Å²) in [7, 11) is 1.55. The van der Waals surface area contributed by atoms with E-state index in [1.54, 1.807) is 25.4 Å². The molecule has 0 bridgehead atoms. The molecule has 0 spiro atoms. The summed E-state index contributed by atoms with van der Waals surface area (Å²) in [5.41, 5.74) is 3.10. The van der Waals surface area contributed by atoms with Gasteiger partial charge in [0.1, 0.15) is 5.75 Å². The Balaban J connectivity index is 1.81. The van der Waals surface area contributed by atoms with E-state index in [2.05, 4.69) is 24.4 Å². The molecule has 3 aromatic rings. The largest absolute Gasteiger partial charge is 0.495 e. The highest BCUT2D eigenvalue weighted by molar-refractivity contribution is 6.04. The van der Waals surface area contributed by atoms with Gasteiger partial charge in [-0.15, -0.1) is 0 Å². The molecule has 1 aromatic heterocycles. The van der Waals surface area contributed by atoms with Crippen molar-refractivity contribution >= 4 is 11.6 Å². The molecule has 0 saturated carbocycles. The quantitative estimate of drug-likeness (QED) is 0.727. The molecular formula is C22H22N2O3. The lowest BCUT2D eigenvalue weighted by molar-refractivity contribution is 0.102. The zero-order chi connectivity index (χ0) is 19.2. The molecule has 0 atom stereocenters.